The van der Waals surface area contributed by atoms with Crippen molar-refractivity contribution in [1.29, 1.82) is 0 Å². The van der Waals surface area contributed by atoms with Gasteiger partial charge in [-0.05, 0) is 47.2 Å². The second kappa shape index (κ2) is 8.34. The molecule has 4 rings (SSSR count). The number of para-hydroxylation sites is 2. The number of anilines is 2. The largest absolute Gasteiger partial charge is 0.495 e. The molecule has 160 valence electrons. The van der Waals surface area contributed by atoms with Crippen molar-refractivity contribution in [3.05, 3.63) is 59.3 Å². The summed E-state index contributed by atoms with van der Waals surface area (Å²) in [6.07, 6.45) is 0. The maximum Gasteiger partial charge on any atom is 0.255 e. The fourth-order valence-electron chi connectivity index (χ4n) is 3.58. The van der Waals surface area contributed by atoms with Crippen LogP contribution in [-0.2, 0) is 4.79 Å². The van der Waals surface area contributed by atoms with E-state index in [9.17, 15) is 4.79 Å². The van der Waals surface area contributed by atoms with Crippen molar-refractivity contribution in [3.8, 4) is 17.2 Å². The number of nitrogens with zero attached hydrogens (tertiary/aromatic N) is 4. The molecule has 1 atom stereocenters. The van der Waals surface area contributed by atoms with Crippen molar-refractivity contribution in [2.24, 2.45) is 0 Å². The highest BCUT2D eigenvalue weighted by molar-refractivity contribution is 6.06. The number of nitrogens with one attached hydrogen (secondary N) is 2. The van der Waals surface area contributed by atoms with Gasteiger partial charge in [0.15, 0.2) is 11.5 Å². The van der Waals surface area contributed by atoms with E-state index in [0.29, 0.717) is 40.2 Å². The van der Waals surface area contributed by atoms with Gasteiger partial charge < -0.3 is 24.8 Å². The molecule has 0 spiro atoms. The molecule has 1 aliphatic rings. The lowest BCUT2D eigenvalue weighted by Crippen LogP contribution is -2.31. The van der Waals surface area contributed by atoms with Gasteiger partial charge in [0, 0.05) is 5.70 Å². The molecule has 31 heavy (non-hydrogen) atoms. The van der Waals surface area contributed by atoms with E-state index in [1.165, 1.54) is 0 Å². The molecule has 0 radical (unpaired) electrons. The Balaban J connectivity index is 1.79. The van der Waals surface area contributed by atoms with E-state index in [0.717, 1.165) is 5.56 Å². The fourth-order valence-corrected chi connectivity index (χ4v) is 3.58. The summed E-state index contributed by atoms with van der Waals surface area (Å²) in [6.45, 7) is 1.81. The van der Waals surface area contributed by atoms with Gasteiger partial charge in [-0.1, -0.05) is 23.3 Å². The first-order valence-electron chi connectivity index (χ1n) is 9.49. The fraction of sp³-hybridized carbons (Fsp3) is 0.238. The number of methoxy groups -OCH3 is 3. The Labute approximate surface area is 178 Å². The molecule has 0 aliphatic carbocycles. The van der Waals surface area contributed by atoms with Crippen molar-refractivity contribution in [3.63, 3.8) is 0 Å². The first kappa shape index (κ1) is 20.2. The SMILES string of the molecule is COc1ccccc1NC(=O)C1=C(C)Nc2nnnn2[C@H]1c1ccc(OC)c(OC)c1. The number of carbonyl (C=O) groups excluding carboxylic acids is 1. The quantitative estimate of drug-likeness (QED) is 0.623. The predicted octanol–water partition coefficient (Wildman–Crippen LogP) is 2.63. The molecule has 0 bridgehead atoms. The second-order valence-corrected chi connectivity index (χ2v) is 6.78. The van der Waals surface area contributed by atoms with E-state index in [1.807, 2.05) is 31.2 Å². The summed E-state index contributed by atoms with van der Waals surface area (Å²) in [6, 6.07) is 12.1. The zero-order valence-corrected chi connectivity index (χ0v) is 17.5. The monoisotopic (exact) mass is 422 g/mol. The lowest BCUT2D eigenvalue weighted by atomic mass is 9.94. The van der Waals surface area contributed by atoms with Crippen molar-refractivity contribution in [2.45, 2.75) is 13.0 Å². The van der Waals surface area contributed by atoms with Crippen molar-refractivity contribution >= 4 is 17.5 Å². The highest BCUT2D eigenvalue weighted by Crippen LogP contribution is 2.38. The number of amides is 1. The van der Waals surface area contributed by atoms with E-state index in [4.69, 9.17) is 14.2 Å². The maximum absolute atomic E-state index is 13.4. The van der Waals surface area contributed by atoms with Gasteiger partial charge in [0.2, 0.25) is 5.95 Å². The molecule has 0 saturated heterocycles. The van der Waals surface area contributed by atoms with Crippen molar-refractivity contribution in [2.75, 3.05) is 32.0 Å². The van der Waals surface area contributed by atoms with Crippen molar-refractivity contribution < 1.29 is 19.0 Å². The van der Waals surface area contributed by atoms with E-state index < -0.39 is 6.04 Å². The van der Waals surface area contributed by atoms with Crippen LogP contribution < -0.4 is 24.8 Å². The molecular weight excluding hydrogens is 400 g/mol. The van der Waals surface area contributed by atoms with Crippen LogP contribution in [0.25, 0.3) is 0 Å². The molecule has 0 fully saturated rings. The highest BCUT2D eigenvalue weighted by atomic mass is 16.5. The number of fused-ring (bicyclic) bond motifs is 1. The summed E-state index contributed by atoms with van der Waals surface area (Å²) in [5.74, 6) is 1.80. The zero-order valence-electron chi connectivity index (χ0n) is 17.5. The highest BCUT2D eigenvalue weighted by Gasteiger charge is 2.34. The molecule has 10 heteroatoms. The molecule has 1 aliphatic heterocycles. The van der Waals surface area contributed by atoms with Crippen LogP contribution in [-0.4, -0.2) is 47.4 Å². The molecule has 2 N–H and O–H groups in total. The van der Waals surface area contributed by atoms with Crippen LogP contribution in [0, 0.1) is 0 Å². The van der Waals surface area contributed by atoms with E-state index in [1.54, 1.807) is 44.2 Å². The summed E-state index contributed by atoms with van der Waals surface area (Å²) < 4.78 is 17.7. The van der Waals surface area contributed by atoms with Crippen LogP contribution in [0.2, 0.25) is 0 Å². The van der Waals surface area contributed by atoms with Gasteiger partial charge in [-0.15, -0.1) is 0 Å². The molecule has 10 nitrogen and oxygen atoms in total. The lowest BCUT2D eigenvalue weighted by Gasteiger charge is -2.28. The molecule has 2 heterocycles. The number of allylic oxidation sites excluding steroid dienone is 1. The number of ether oxygens (including phenoxy) is 3. The summed E-state index contributed by atoms with van der Waals surface area (Å²) >= 11 is 0. The Morgan fingerprint density at radius 2 is 1.77 bits per heavy atom. The second-order valence-electron chi connectivity index (χ2n) is 6.78. The van der Waals surface area contributed by atoms with Crippen LogP contribution in [0.5, 0.6) is 17.2 Å². The first-order valence-corrected chi connectivity index (χ1v) is 9.49. The number of hydrogen-bond acceptors (Lipinski definition) is 8. The average Bonchev–Trinajstić information content (AvgIpc) is 3.25. The van der Waals surface area contributed by atoms with Crippen LogP contribution in [0.1, 0.15) is 18.5 Å². The Morgan fingerprint density at radius 1 is 1.03 bits per heavy atom. The van der Waals surface area contributed by atoms with Gasteiger partial charge in [-0.25, -0.2) is 0 Å². The number of benzene rings is 2. The van der Waals surface area contributed by atoms with Gasteiger partial charge >= 0.3 is 0 Å². The van der Waals surface area contributed by atoms with Gasteiger partial charge in [0.1, 0.15) is 11.8 Å². The molecule has 3 aromatic rings. The van der Waals surface area contributed by atoms with Crippen LogP contribution in [0.3, 0.4) is 0 Å². The normalized spacial score (nSPS) is 15.0. The Kier molecular flexibility index (Phi) is 5.44. The minimum atomic E-state index is -0.583. The van der Waals surface area contributed by atoms with E-state index >= 15 is 0 Å². The summed E-state index contributed by atoms with van der Waals surface area (Å²) in [7, 11) is 4.68. The average molecular weight is 422 g/mol. The van der Waals surface area contributed by atoms with Gasteiger partial charge in [0.25, 0.3) is 5.91 Å². The van der Waals surface area contributed by atoms with Crippen LogP contribution in [0.15, 0.2) is 53.7 Å². The van der Waals surface area contributed by atoms with Crippen LogP contribution >= 0.6 is 0 Å². The van der Waals surface area contributed by atoms with E-state index in [2.05, 4.69) is 26.2 Å². The molecule has 0 unspecified atom stereocenters. The maximum atomic E-state index is 13.4. The third-order valence-corrected chi connectivity index (χ3v) is 5.04. The third kappa shape index (κ3) is 3.63. The molecular formula is C21H22N6O4. The minimum Gasteiger partial charge on any atom is -0.495 e. The lowest BCUT2D eigenvalue weighted by molar-refractivity contribution is -0.113. The Hall–Kier alpha value is -4.08. The topological polar surface area (TPSA) is 112 Å². The van der Waals surface area contributed by atoms with Gasteiger partial charge in [-0.3, -0.25) is 4.79 Å². The standard InChI is InChI=1S/C21H22N6O4/c1-12-18(20(28)23-14-7-5-6-8-15(14)29-2)19(27-21(22-12)24-25-26-27)13-9-10-16(30-3)17(11-13)31-4/h5-11,19H,1-4H3,(H,23,28)(H,22,24,26)/t19-/m0/s1. The van der Waals surface area contributed by atoms with Gasteiger partial charge in [-0.2, -0.15) is 4.68 Å². The minimum absolute atomic E-state index is 0.310. The van der Waals surface area contributed by atoms with Crippen molar-refractivity contribution in [1.82, 2.24) is 20.2 Å². The number of rotatable bonds is 6. The first-order chi connectivity index (χ1) is 15.1. The zero-order chi connectivity index (χ0) is 22.0. The number of aromatic nitrogens is 4. The summed E-state index contributed by atoms with van der Waals surface area (Å²) in [5.41, 5.74) is 2.41. The third-order valence-electron chi connectivity index (χ3n) is 5.04. The Bertz CT molecular complexity index is 1160. The van der Waals surface area contributed by atoms with Crippen LogP contribution in [0.4, 0.5) is 11.6 Å². The predicted molar refractivity (Wildman–Crippen MR) is 113 cm³/mol. The Morgan fingerprint density at radius 3 is 2.52 bits per heavy atom. The molecule has 1 amide bonds. The number of tetrazole rings is 1. The number of hydrogen-bond donors (Lipinski definition) is 2. The number of carbonyl (C=O) groups is 1. The smallest absolute Gasteiger partial charge is 0.255 e. The summed E-state index contributed by atoms with van der Waals surface area (Å²) in [4.78, 5) is 13.4. The molecule has 0 saturated carbocycles. The van der Waals surface area contributed by atoms with Gasteiger partial charge in [0.05, 0.1) is 32.6 Å². The molecule has 2 aromatic carbocycles. The summed E-state index contributed by atoms with van der Waals surface area (Å²) in [5, 5.41) is 17.9. The molecule has 1 aromatic heterocycles. The van der Waals surface area contributed by atoms with E-state index in [-0.39, 0.29) is 5.91 Å².